The average molecular weight is 205 g/mol. The first-order valence-corrected chi connectivity index (χ1v) is 3.90. The number of rotatable bonds is 3. The van der Waals surface area contributed by atoms with E-state index < -0.39 is 0 Å². The van der Waals surface area contributed by atoms with Gasteiger partial charge in [0, 0.05) is 5.02 Å². The molecule has 0 aliphatic rings. The molecule has 64 valence electrons. The molecule has 1 rings (SSSR count). The van der Waals surface area contributed by atoms with Crippen molar-refractivity contribution in [3.05, 3.63) is 28.2 Å². The lowest BCUT2D eigenvalue weighted by molar-refractivity contribution is -0.109. The van der Waals surface area contributed by atoms with Crippen molar-refractivity contribution < 1.29 is 4.79 Å². The standard InChI is InChI=1S/C7H6Cl2N2O/c8-5-1-2-7(6(9)3-5)11-10-4-12/h1-4,11H,(H,10,12). The van der Waals surface area contributed by atoms with Crippen molar-refractivity contribution in [2.45, 2.75) is 0 Å². The minimum atomic E-state index is 0.455. The molecule has 0 spiro atoms. The molecule has 0 unspecified atom stereocenters. The molecule has 1 aromatic carbocycles. The van der Waals surface area contributed by atoms with E-state index in [0.29, 0.717) is 22.1 Å². The van der Waals surface area contributed by atoms with E-state index >= 15 is 0 Å². The van der Waals surface area contributed by atoms with Crippen LogP contribution in [0.1, 0.15) is 0 Å². The largest absolute Gasteiger partial charge is 0.297 e. The van der Waals surface area contributed by atoms with Gasteiger partial charge in [0.15, 0.2) is 0 Å². The van der Waals surface area contributed by atoms with Crippen molar-refractivity contribution in [2.24, 2.45) is 0 Å². The molecule has 0 atom stereocenters. The fourth-order valence-corrected chi connectivity index (χ4v) is 1.15. The van der Waals surface area contributed by atoms with E-state index in [1.54, 1.807) is 18.2 Å². The number of anilines is 1. The van der Waals surface area contributed by atoms with Crippen LogP contribution in [0.15, 0.2) is 18.2 Å². The Labute approximate surface area is 79.6 Å². The first kappa shape index (κ1) is 9.16. The van der Waals surface area contributed by atoms with Gasteiger partial charge >= 0.3 is 0 Å². The number of carbonyl (C=O) groups is 1. The van der Waals surface area contributed by atoms with Crippen LogP contribution in [0.25, 0.3) is 0 Å². The lowest BCUT2D eigenvalue weighted by atomic mass is 10.3. The van der Waals surface area contributed by atoms with Gasteiger partial charge in [-0.2, -0.15) is 0 Å². The molecule has 0 aromatic heterocycles. The maximum atomic E-state index is 9.91. The lowest BCUT2D eigenvalue weighted by Crippen LogP contribution is -2.18. The van der Waals surface area contributed by atoms with Crippen molar-refractivity contribution in [2.75, 3.05) is 5.43 Å². The maximum Gasteiger partial charge on any atom is 0.225 e. The SMILES string of the molecule is O=CNNc1ccc(Cl)cc1Cl. The number of nitrogens with one attached hydrogen (secondary N) is 2. The van der Waals surface area contributed by atoms with Crippen LogP contribution in [0.2, 0.25) is 10.0 Å². The van der Waals surface area contributed by atoms with Gasteiger partial charge in [-0.3, -0.25) is 15.6 Å². The molecule has 0 aliphatic carbocycles. The highest BCUT2D eigenvalue weighted by Crippen LogP contribution is 2.24. The van der Waals surface area contributed by atoms with Gasteiger partial charge in [0.05, 0.1) is 10.7 Å². The smallest absolute Gasteiger partial charge is 0.225 e. The van der Waals surface area contributed by atoms with Crippen LogP contribution in [0, 0.1) is 0 Å². The zero-order chi connectivity index (χ0) is 8.97. The van der Waals surface area contributed by atoms with E-state index in [2.05, 4.69) is 10.9 Å². The maximum absolute atomic E-state index is 9.91. The summed E-state index contributed by atoms with van der Waals surface area (Å²) in [6, 6.07) is 4.92. The summed E-state index contributed by atoms with van der Waals surface area (Å²) in [6.07, 6.45) is 0.519. The normalized spacial score (nSPS) is 9.17. The Morgan fingerprint density at radius 2 is 2.08 bits per heavy atom. The third-order valence-corrected chi connectivity index (χ3v) is 1.74. The molecule has 0 saturated carbocycles. The highest BCUT2D eigenvalue weighted by atomic mass is 35.5. The Kier molecular flexibility index (Phi) is 3.19. The van der Waals surface area contributed by atoms with Gasteiger partial charge < -0.3 is 0 Å². The van der Waals surface area contributed by atoms with Crippen LogP contribution >= 0.6 is 23.2 Å². The Balaban J connectivity index is 2.78. The molecule has 0 bridgehead atoms. The molecule has 12 heavy (non-hydrogen) atoms. The molecule has 0 fully saturated rings. The van der Waals surface area contributed by atoms with Crippen LogP contribution in [0.5, 0.6) is 0 Å². The van der Waals surface area contributed by atoms with Crippen molar-refractivity contribution in [3.63, 3.8) is 0 Å². The number of carbonyl (C=O) groups excluding carboxylic acids is 1. The number of hydrazine groups is 1. The van der Waals surface area contributed by atoms with Gasteiger partial charge in [0.2, 0.25) is 6.41 Å². The van der Waals surface area contributed by atoms with Crippen LogP contribution < -0.4 is 10.9 Å². The van der Waals surface area contributed by atoms with Crippen molar-refractivity contribution >= 4 is 35.3 Å². The second-order valence-corrected chi connectivity index (χ2v) is 2.85. The number of amides is 1. The number of benzene rings is 1. The van der Waals surface area contributed by atoms with Crippen LogP contribution in [0.3, 0.4) is 0 Å². The van der Waals surface area contributed by atoms with Gasteiger partial charge in [-0.05, 0) is 18.2 Å². The van der Waals surface area contributed by atoms with Crippen LogP contribution in [-0.2, 0) is 4.79 Å². The zero-order valence-electron chi connectivity index (χ0n) is 5.97. The second-order valence-electron chi connectivity index (χ2n) is 2.01. The van der Waals surface area contributed by atoms with Gasteiger partial charge in [-0.25, -0.2) is 0 Å². The molecular weight excluding hydrogens is 199 g/mol. The predicted molar refractivity (Wildman–Crippen MR) is 49.3 cm³/mol. The monoisotopic (exact) mass is 204 g/mol. The molecule has 0 saturated heterocycles. The highest BCUT2D eigenvalue weighted by molar-refractivity contribution is 6.36. The Hall–Kier alpha value is -0.930. The molecule has 0 heterocycles. The summed E-state index contributed by atoms with van der Waals surface area (Å²) in [5.41, 5.74) is 5.45. The molecular formula is C7H6Cl2N2O. The molecule has 0 aliphatic heterocycles. The summed E-state index contributed by atoms with van der Waals surface area (Å²) >= 11 is 11.4. The molecule has 5 heteroatoms. The van der Waals surface area contributed by atoms with Gasteiger partial charge in [-0.1, -0.05) is 23.2 Å². The van der Waals surface area contributed by atoms with E-state index in [4.69, 9.17) is 23.2 Å². The molecule has 0 radical (unpaired) electrons. The fourth-order valence-electron chi connectivity index (χ4n) is 0.698. The Bertz CT molecular complexity index is 291. The molecule has 1 aromatic rings. The van der Waals surface area contributed by atoms with E-state index in [0.717, 1.165) is 0 Å². The van der Waals surface area contributed by atoms with Gasteiger partial charge in [0.1, 0.15) is 0 Å². The first-order chi connectivity index (χ1) is 5.74. The van der Waals surface area contributed by atoms with Gasteiger partial charge in [-0.15, -0.1) is 0 Å². The summed E-state index contributed by atoms with van der Waals surface area (Å²) in [6.45, 7) is 0. The van der Waals surface area contributed by atoms with Crippen LogP contribution in [0.4, 0.5) is 5.69 Å². The number of hydrogen-bond donors (Lipinski definition) is 2. The minimum absolute atomic E-state index is 0.455. The van der Waals surface area contributed by atoms with E-state index in [1.807, 2.05) is 0 Å². The zero-order valence-corrected chi connectivity index (χ0v) is 7.49. The van der Waals surface area contributed by atoms with E-state index in [-0.39, 0.29) is 0 Å². The van der Waals surface area contributed by atoms with Crippen molar-refractivity contribution in [1.29, 1.82) is 0 Å². The van der Waals surface area contributed by atoms with E-state index in [9.17, 15) is 4.79 Å². The average Bonchev–Trinajstić information content (AvgIpc) is 2.03. The Morgan fingerprint density at radius 3 is 2.67 bits per heavy atom. The quantitative estimate of drug-likeness (QED) is 0.585. The summed E-state index contributed by atoms with van der Waals surface area (Å²) in [5.74, 6) is 0. The molecule has 1 amide bonds. The highest BCUT2D eigenvalue weighted by Gasteiger charge is 1.98. The summed E-state index contributed by atoms with van der Waals surface area (Å²) in [5, 5.41) is 1.01. The molecule has 2 N–H and O–H groups in total. The van der Waals surface area contributed by atoms with Gasteiger partial charge in [0.25, 0.3) is 0 Å². The third kappa shape index (κ3) is 2.29. The van der Waals surface area contributed by atoms with Crippen molar-refractivity contribution in [3.8, 4) is 0 Å². The lowest BCUT2D eigenvalue weighted by Gasteiger charge is -2.05. The summed E-state index contributed by atoms with van der Waals surface area (Å²) in [4.78, 5) is 9.91. The fraction of sp³-hybridized carbons (Fsp3) is 0. The first-order valence-electron chi connectivity index (χ1n) is 3.14. The molecule has 3 nitrogen and oxygen atoms in total. The summed E-state index contributed by atoms with van der Waals surface area (Å²) < 4.78 is 0. The number of hydrogen-bond acceptors (Lipinski definition) is 2. The van der Waals surface area contributed by atoms with Crippen LogP contribution in [-0.4, -0.2) is 6.41 Å². The van der Waals surface area contributed by atoms with Crippen molar-refractivity contribution in [1.82, 2.24) is 5.43 Å². The van der Waals surface area contributed by atoms with E-state index in [1.165, 1.54) is 0 Å². The third-order valence-electron chi connectivity index (χ3n) is 1.20. The topological polar surface area (TPSA) is 41.1 Å². The second kappa shape index (κ2) is 4.18. The summed E-state index contributed by atoms with van der Waals surface area (Å²) in [7, 11) is 0. The predicted octanol–water partition coefficient (Wildman–Crippen LogP) is 2.07. The minimum Gasteiger partial charge on any atom is -0.297 e. The Morgan fingerprint density at radius 1 is 1.33 bits per heavy atom. The number of halogens is 2.